The summed E-state index contributed by atoms with van der Waals surface area (Å²) in [5, 5.41) is 4.10. The average molecular weight is 319 g/mol. The number of hydrogen-bond donors (Lipinski definition) is 1. The number of amides is 1. The van der Waals surface area contributed by atoms with Gasteiger partial charge in [0.05, 0.1) is 5.69 Å². The van der Waals surface area contributed by atoms with Crippen molar-refractivity contribution in [2.75, 3.05) is 13.1 Å². The zero-order chi connectivity index (χ0) is 15.5. The molecular formula is C15H21N5OS. The van der Waals surface area contributed by atoms with Gasteiger partial charge in [-0.3, -0.25) is 4.79 Å². The quantitative estimate of drug-likeness (QED) is 0.939. The van der Waals surface area contributed by atoms with Crippen LogP contribution in [0.3, 0.4) is 0 Å². The van der Waals surface area contributed by atoms with Crippen molar-refractivity contribution in [3.05, 3.63) is 28.3 Å². The lowest BCUT2D eigenvalue weighted by Crippen LogP contribution is -2.39. The topological polar surface area (TPSA) is 74.8 Å². The second-order valence-corrected chi connectivity index (χ2v) is 6.59. The molecule has 6 nitrogen and oxygen atoms in total. The van der Waals surface area contributed by atoms with Gasteiger partial charge in [0.15, 0.2) is 0 Å². The van der Waals surface area contributed by atoms with Gasteiger partial charge in [-0.25, -0.2) is 4.98 Å². The van der Waals surface area contributed by atoms with Crippen molar-refractivity contribution in [1.82, 2.24) is 24.5 Å². The summed E-state index contributed by atoms with van der Waals surface area (Å²) < 4.78 is 3.96. The average Bonchev–Trinajstić information content (AvgIpc) is 3.16. The number of H-pyrrole nitrogens is 1. The van der Waals surface area contributed by atoms with Gasteiger partial charge in [-0.2, -0.15) is 0 Å². The molecule has 7 heteroatoms. The van der Waals surface area contributed by atoms with Gasteiger partial charge in [0, 0.05) is 30.9 Å². The molecule has 1 aliphatic heterocycles. The first-order valence-electron chi connectivity index (χ1n) is 7.81. The minimum absolute atomic E-state index is 0.0754. The lowest BCUT2D eigenvalue weighted by atomic mass is 9.97. The summed E-state index contributed by atoms with van der Waals surface area (Å²) in [7, 11) is 0. The monoisotopic (exact) mass is 319 g/mol. The minimum atomic E-state index is 0.0754. The van der Waals surface area contributed by atoms with E-state index in [0.717, 1.165) is 56.0 Å². The van der Waals surface area contributed by atoms with Crippen molar-refractivity contribution in [3.8, 4) is 0 Å². The summed E-state index contributed by atoms with van der Waals surface area (Å²) in [6, 6.07) is 0. The highest BCUT2D eigenvalue weighted by Gasteiger charge is 2.29. The number of aromatic nitrogens is 4. The molecule has 0 spiro atoms. The van der Waals surface area contributed by atoms with Gasteiger partial charge in [-0.1, -0.05) is 17.8 Å². The van der Waals surface area contributed by atoms with Gasteiger partial charge in [-0.15, -0.1) is 5.10 Å². The summed E-state index contributed by atoms with van der Waals surface area (Å²) >= 11 is 1.22. The molecule has 0 aliphatic carbocycles. The van der Waals surface area contributed by atoms with Crippen LogP contribution in [0.2, 0.25) is 0 Å². The molecular weight excluding hydrogens is 298 g/mol. The Balaban J connectivity index is 1.74. The Bertz CT molecular complexity index is 650. The Hall–Kier alpha value is -1.76. The molecule has 3 heterocycles. The van der Waals surface area contributed by atoms with Gasteiger partial charge in [-0.05, 0) is 37.7 Å². The molecule has 0 aromatic carbocycles. The van der Waals surface area contributed by atoms with Crippen LogP contribution in [-0.2, 0) is 6.42 Å². The highest BCUT2D eigenvalue weighted by Crippen LogP contribution is 2.27. The highest BCUT2D eigenvalue weighted by molar-refractivity contribution is 7.08. The number of likely N-dealkylation sites (tertiary alicyclic amines) is 1. The van der Waals surface area contributed by atoms with E-state index in [2.05, 4.69) is 26.5 Å². The first kappa shape index (κ1) is 15.1. The number of piperidine rings is 1. The molecule has 0 radical (unpaired) electrons. The Morgan fingerprint density at radius 3 is 3.14 bits per heavy atom. The van der Waals surface area contributed by atoms with Crippen molar-refractivity contribution >= 4 is 17.4 Å². The molecule has 1 fully saturated rings. The van der Waals surface area contributed by atoms with Crippen LogP contribution in [-0.4, -0.2) is 43.5 Å². The van der Waals surface area contributed by atoms with Crippen LogP contribution in [0, 0.1) is 6.92 Å². The number of carbonyl (C=O) groups is 1. The van der Waals surface area contributed by atoms with Crippen molar-refractivity contribution in [3.63, 3.8) is 0 Å². The van der Waals surface area contributed by atoms with Crippen LogP contribution < -0.4 is 0 Å². The van der Waals surface area contributed by atoms with Crippen LogP contribution in [0.4, 0.5) is 0 Å². The number of nitrogens with zero attached hydrogens (tertiary/aromatic N) is 4. The van der Waals surface area contributed by atoms with Gasteiger partial charge >= 0.3 is 0 Å². The molecule has 118 valence electrons. The first-order valence-corrected chi connectivity index (χ1v) is 8.58. The molecule has 0 bridgehead atoms. The number of rotatable bonds is 4. The summed E-state index contributed by atoms with van der Waals surface area (Å²) in [5.74, 6) is 1.36. The van der Waals surface area contributed by atoms with Crippen LogP contribution in [0.5, 0.6) is 0 Å². The van der Waals surface area contributed by atoms with E-state index in [0.29, 0.717) is 10.8 Å². The molecule has 1 saturated heterocycles. The molecule has 1 amide bonds. The lowest BCUT2D eigenvalue weighted by Gasteiger charge is -2.31. The van der Waals surface area contributed by atoms with Crippen molar-refractivity contribution in [2.24, 2.45) is 0 Å². The SMILES string of the molecule is CCCc1nnsc1C(=O)N1CCCC(c2ncc(C)[nH]2)C1. The number of hydrogen-bond acceptors (Lipinski definition) is 5. The fraction of sp³-hybridized carbons (Fsp3) is 0.600. The fourth-order valence-electron chi connectivity index (χ4n) is 2.94. The number of carbonyl (C=O) groups excluding carboxylic acids is 1. The van der Waals surface area contributed by atoms with Gasteiger partial charge in [0.2, 0.25) is 0 Å². The molecule has 0 saturated carbocycles. The second-order valence-electron chi connectivity index (χ2n) is 5.84. The largest absolute Gasteiger partial charge is 0.346 e. The summed E-state index contributed by atoms with van der Waals surface area (Å²) in [4.78, 5) is 23.1. The van der Waals surface area contributed by atoms with E-state index in [1.807, 2.05) is 18.0 Å². The number of aromatic amines is 1. The standard InChI is InChI=1S/C15H21N5OS/c1-3-5-12-13(22-19-18-12)15(21)20-7-4-6-11(9-20)14-16-8-10(2)17-14/h8,11H,3-7,9H2,1-2H3,(H,16,17). The maximum absolute atomic E-state index is 12.8. The third-order valence-corrected chi connectivity index (χ3v) is 4.81. The van der Waals surface area contributed by atoms with Crippen LogP contribution >= 0.6 is 11.5 Å². The normalized spacial score (nSPS) is 18.6. The van der Waals surface area contributed by atoms with E-state index in [1.165, 1.54) is 11.5 Å². The van der Waals surface area contributed by atoms with Gasteiger partial charge in [0.25, 0.3) is 5.91 Å². The minimum Gasteiger partial charge on any atom is -0.346 e. The zero-order valence-corrected chi connectivity index (χ0v) is 13.8. The van der Waals surface area contributed by atoms with Crippen LogP contribution in [0.1, 0.15) is 59.0 Å². The number of aryl methyl sites for hydroxylation is 2. The second kappa shape index (κ2) is 6.56. The molecule has 3 rings (SSSR count). The Kier molecular flexibility index (Phi) is 4.52. The third kappa shape index (κ3) is 3.04. The molecule has 1 unspecified atom stereocenters. The van der Waals surface area contributed by atoms with Crippen molar-refractivity contribution < 1.29 is 4.79 Å². The predicted molar refractivity (Wildman–Crippen MR) is 85.1 cm³/mol. The molecule has 1 N–H and O–H groups in total. The highest BCUT2D eigenvalue weighted by atomic mass is 32.1. The Morgan fingerprint density at radius 2 is 2.41 bits per heavy atom. The first-order chi connectivity index (χ1) is 10.7. The Labute approximate surface area is 134 Å². The van der Waals surface area contributed by atoms with Crippen LogP contribution in [0.15, 0.2) is 6.20 Å². The molecule has 1 aliphatic rings. The summed E-state index contributed by atoms with van der Waals surface area (Å²) in [5.41, 5.74) is 1.91. The number of imidazole rings is 1. The smallest absolute Gasteiger partial charge is 0.267 e. The lowest BCUT2D eigenvalue weighted by molar-refractivity contribution is 0.0708. The molecule has 22 heavy (non-hydrogen) atoms. The Morgan fingerprint density at radius 1 is 1.55 bits per heavy atom. The molecule has 2 aromatic rings. The number of nitrogens with one attached hydrogen (secondary N) is 1. The summed E-state index contributed by atoms with van der Waals surface area (Å²) in [6.07, 6.45) is 5.71. The van der Waals surface area contributed by atoms with E-state index in [-0.39, 0.29) is 5.91 Å². The third-order valence-electron chi connectivity index (χ3n) is 4.05. The van der Waals surface area contributed by atoms with Crippen molar-refractivity contribution in [2.45, 2.75) is 45.4 Å². The maximum atomic E-state index is 12.8. The van der Waals surface area contributed by atoms with Crippen LogP contribution in [0.25, 0.3) is 0 Å². The van der Waals surface area contributed by atoms with Gasteiger partial charge in [0.1, 0.15) is 10.7 Å². The van der Waals surface area contributed by atoms with E-state index in [9.17, 15) is 4.79 Å². The molecule has 1 atom stereocenters. The van der Waals surface area contributed by atoms with Gasteiger partial charge < -0.3 is 9.88 Å². The van der Waals surface area contributed by atoms with E-state index >= 15 is 0 Å². The fourth-order valence-corrected chi connectivity index (χ4v) is 3.62. The predicted octanol–water partition coefficient (Wildman–Crippen LogP) is 2.54. The van der Waals surface area contributed by atoms with Crippen molar-refractivity contribution in [1.29, 1.82) is 0 Å². The van der Waals surface area contributed by atoms with E-state index < -0.39 is 0 Å². The zero-order valence-electron chi connectivity index (χ0n) is 13.0. The molecule has 2 aromatic heterocycles. The van der Waals surface area contributed by atoms with E-state index in [4.69, 9.17) is 0 Å². The maximum Gasteiger partial charge on any atom is 0.267 e. The van der Waals surface area contributed by atoms with E-state index in [1.54, 1.807) is 0 Å². The summed E-state index contributed by atoms with van der Waals surface area (Å²) in [6.45, 7) is 5.61.